The Labute approximate surface area is 173 Å². The van der Waals surface area contributed by atoms with E-state index in [0.29, 0.717) is 18.5 Å². The average molecular weight is 397 g/mol. The number of rotatable bonds is 7. The van der Waals surface area contributed by atoms with Crippen molar-refractivity contribution in [3.63, 3.8) is 0 Å². The van der Waals surface area contributed by atoms with Crippen LogP contribution in [-0.4, -0.2) is 52.9 Å². The Hall–Kier alpha value is -2.83. The molecular weight excluding hydrogens is 364 g/mol. The first-order valence-electron chi connectivity index (χ1n) is 10.5. The smallest absolute Gasteiger partial charge is 0.242 e. The zero-order valence-electron chi connectivity index (χ0n) is 17.4. The number of aliphatic imine (C=N–C) groups is 1. The summed E-state index contributed by atoms with van der Waals surface area (Å²) < 4.78 is 0. The minimum atomic E-state index is -0.00920. The Morgan fingerprint density at radius 3 is 2.72 bits per heavy atom. The molecule has 0 aliphatic heterocycles. The fourth-order valence-corrected chi connectivity index (χ4v) is 3.64. The maximum atomic E-state index is 12.3. The molecule has 1 aliphatic rings. The van der Waals surface area contributed by atoms with E-state index < -0.39 is 0 Å². The average Bonchev–Trinajstić information content (AvgIpc) is 3.21. The summed E-state index contributed by atoms with van der Waals surface area (Å²) in [5.74, 6) is 1.54. The standard InChI is InChI=1S/C22H32N6O/c1-3-23-22(25-15-21(29)26-18-12-8-5-9-13-18)28(2)16-20-24-14-19(27-20)17-10-6-4-7-11-17/h4,6-7,10-11,14,18H,3,5,8-9,12-13,15-16H2,1-2H3,(H,23,25)(H,24,27)(H,26,29). The molecule has 0 radical (unpaired) electrons. The van der Waals surface area contributed by atoms with Gasteiger partial charge in [0.15, 0.2) is 5.96 Å². The van der Waals surface area contributed by atoms with Crippen LogP contribution < -0.4 is 10.6 Å². The van der Waals surface area contributed by atoms with Gasteiger partial charge in [0.2, 0.25) is 5.91 Å². The first-order chi connectivity index (χ1) is 14.2. The first-order valence-corrected chi connectivity index (χ1v) is 10.5. The van der Waals surface area contributed by atoms with Crippen LogP contribution in [0.3, 0.4) is 0 Å². The van der Waals surface area contributed by atoms with E-state index in [1.807, 2.05) is 43.3 Å². The molecule has 29 heavy (non-hydrogen) atoms. The normalized spacial score (nSPS) is 15.2. The first kappa shape index (κ1) is 20.9. The molecule has 1 aliphatic carbocycles. The van der Waals surface area contributed by atoms with Gasteiger partial charge in [-0.1, -0.05) is 49.6 Å². The third-order valence-corrected chi connectivity index (χ3v) is 5.14. The van der Waals surface area contributed by atoms with Crippen LogP contribution in [0.15, 0.2) is 41.5 Å². The minimum Gasteiger partial charge on any atom is -0.357 e. The van der Waals surface area contributed by atoms with Crippen molar-refractivity contribution in [3.8, 4) is 11.3 Å². The summed E-state index contributed by atoms with van der Waals surface area (Å²) in [4.78, 5) is 26.6. The number of hydrogen-bond donors (Lipinski definition) is 3. The van der Waals surface area contributed by atoms with Gasteiger partial charge in [0.25, 0.3) is 0 Å². The molecule has 1 amide bonds. The Bertz CT molecular complexity index is 795. The van der Waals surface area contributed by atoms with E-state index in [4.69, 9.17) is 0 Å². The lowest BCUT2D eigenvalue weighted by molar-refractivity contribution is -0.120. The second-order valence-corrected chi connectivity index (χ2v) is 7.54. The van der Waals surface area contributed by atoms with Gasteiger partial charge in [-0.2, -0.15) is 0 Å². The number of aromatic amines is 1. The summed E-state index contributed by atoms with van der Waals surface area (Å²) in [7, 11) is 1.95. The number of hydrogen-bond acceptors (Lipinski definition) is 3. The van der Waals surface area contributed by atoms with E-state index in [0.717, 1.165) is 36.5 Å². The van der Waals surface area contributed by atoms with Crippen LogP contribution >= 0.6 is 0 Å². The van der Waals surface area contributed by atoms with E-state index in [1.54, 1.807) is 0 Å². The second kappa shape index (κ2) is 10.6. The van der Waals surface area contributed by atoms with Crippen molar-refractivity contribution in [1.82, 2.24) is 25.5 Å². The Kier molecular flexibility index (Phi) is 7.67. The number of aromatic nitrogens is 2. The van der Waals surface area contributed by atoms with E-state index in [-0.39, 0.29) is 12.5 Å². The van der Waals surface area contributed by atoms with Crippen LogP contribution in [0.25, 0.3) is 11.3 Å². The maximum Gasteiger partial charge on any atom is 0.242 e. The SMILES string of the molecule is CCNC(=NCC(=O)NC1CCCCC1)N(C)Cc1ncc(-c2ccccc2)[nH]1. The molecule has 7 heteroatoms. The van der Waals surface area contributed by atoms with E-state index >= 15 is 0 Å². The van der Waals surface area contributed by atoms with Gasteiger partial charge in [-0.25, -0.2) is 9.98 Å². The highest BCUT2D eigenvalue weighted by Crippen LogP contribution is 2.17. The Morgan fingerprint density at radius 1 is 1.24 bits per heavy atom. The van der Waals surface area contributed by atoms with Gasteiger partial charge >= 0.3 is 0 Å². The summed E-state index contributed by atoms with van der Waals surface area (Å²) >= 11 is 0. The number of carbonyl (C=O) groups excluding carboxylic acids is 1. The zero-order valence-corrected chi connectivity index (χ0v) is 17.4. The predicted molar refractivity (Wildman–Crippen MR) is 116 cm³/mol. The van der Waals surface area contributed by atoms with E-state index in [2.05, 4.69) is 37.7 Å². The summed E-state index contributed by atoms with van der Waals surface area (Å²) in [5, 5.41) is 6.37. The minimum absolute atomic E-state index is 0.00920. The van der Waals surface area contributed by atoms with Crippen LogP contribution in [0, 0.1) is 0 Å². The molecule has 0 atom stereocenters. The van der Waals surface area contributed by atoms with Gasteiger partial charge in [0, 0.05) is 19.6 Å². The lowest BCUT2D eigenvalue weighted by Crippen LogP contribution is -2.41. The molecular formula is C22H32N6O. The number of nitrogens with zero attached hydrogens (tertiary/aromatic N) is 3. The summed E-state index contributed by atoms with van der Waals surface area (Å²) in [5.41, 5.74) is 2.09. The number of nitrogens with one attached hydrogen (secondary N) is 3. The molecule has 1 saturated carbocycles. The van der Waals surface area contributed by atoms with Crippen molar-refractivity contribution in [1.29, 1.82) is 0 Å². The molecule has 0 saturated heterocycles. The topological polar surface area (TPSA) is 85.4 Å². The molecule has 0 spiro atoms. The van der Waals surface area contributed by atoms with Crippen LogP contribution in [0.5, 0.6) is 0 Å². The predicted octanol–water partition coefficient (Wildman–Crippen LogP) is 2.92. The largest absolute Gasteiger partial charge is 0.357 e. The van der Waals surface area contributed by atoms with Gasteiger partial charge in [-0.05, 0) is 25.3 Å². The van der Waals surface area contributed by atoms with Crippen LogP contribution in [0.4, 0.5) is 0 Å². The highest BCUT2D eigenvalue weighted by molar-refractivity contribution is 5.85. The number of carbonyl (C=O) groups is 1. The third kappa shape index (κ3) is 6.34. The monoisotopic (exact) mass is 396 g/mol. The van der Waals surface area contributed by atoms with Crippen molar-refractivity contribution < 1.29 is 4.79 Å². The van der Waals surface area contributed by atoms with Gasteiger partial charge < -0.3 is 20.5 Å². The molecule has 7 nitrogen and oxygen atoms in total. The molecule has 3 N–H and O–H groups in total. The lowest BCUT2D eigenvalue weighted by atomic mass is 9.95. The molecule has 1 aromatic carbocycles. The van der Waals surface area contributed by atoms with Crippen molar-refractivity contribution in [2.45, 2.75) is 51.6 Å². The van der Waals surface area contributed by atoms with Gasteiger partial charge in [0.1, 0.15) is 12.4 Å². The third-order valence-electron chi connectivity index (χ3n) is 5.14. The second-order valence-electron chi connectivity index (χ2n) is 7.54. The summed E-state index contributed by atoms with van der Waals surface area (Å²) in [6.07, 6.45) is 7.69. The Balaban J connectivity index is 1.57. The quantitative estimate of drug-likeness (QED) is 0.496. The Morgan fingerprint density at radius 2 is 2.00 bits per heavy atom. The number of guanidine groups is 1. The fourth-order valence-electron chi connectivity index (χ4n) is 3.64. The molecule has 1 fully saturated rings. The molecule has 156 valence electrons. The maximum absolute atomic E-state index is 12.3. The molecule has 2 aromatic rings. The number of benzene rings is 1. The molecule has 0 bridgehead atoms. The van der Waals surface area contributed by atoms with Gasteiger partial charge in [-0.15, -0.1) is 0 Å². The molecule has 3 rings (SSSR count). The van der Waals surface area contributed by atoms with Gasteiger partial charge in [-0.3, -0.25) is 4.79 Å². The van der Waals surface area contributed by atoms with Crippen LogP contribution in [0.1, 0.15) is 44.9 Å². The highest BCUT2D eigenvalue weighted by Gasteiger charge is 2.16. The summed E-state index contributed by atoms with van der Waals surface area (Å²) in [6.45, 7) is 3.46. The lowest BCUT2D eigenvalue weighted by Gasteiger charge is -2.23. The van der Waals surface area contributed by atoms with Crippen molar-refractivity contribution >= 4 is 11.9 Å². The van der Waals surface area contributed by atoms with Crippen molar-refractivity contribution in [3.05, 3.63) is 42.4 Å². The molecule has 1 heterocycles. The molecule has 1 aromatic heterocycles. The summed E-state index contributed by atoms with van der Waals surface area (Å²) in [6, 6.07) is 10.4. The highest BCUT2D eigenvalue weighted by atomic mass is 16.1. The number of H-pyrrole nitrogens is 1. The van der Waals surface area contributed by atoms with Crippen LogP contribution in [0.2, 0.25) is 0 Å². The van der Waals surface area contributed by atoms with Gasteiger partial charge in [0.05, 0.1) is 18.4 Å². The molecule has 0 unspecified atom stereocenters. The zero-order chi connectivity index (χ0) is 20.5. The fraction of sp³-hybridized carbons (Fsp3) is 0.500. The number of imidazole rings is 1. The van der Waals surface area contributed by atoms with E-state index in [9.17, 15) is 4.79 Å². The van der Waals surface area contributed by atoms with Crippen molar-refractivity contribution in [2.24, 2.45) is 4.99 Å². The van der Waals surface area contributed by atoms with Crippen molar-refractivity contribution in [2.75, 3.05) is 20.1 Å². The van der Waals surface area contributed by atoms with E-state index in [1.165, 1.54) is 19.3 Å². The number of amides is 1. The van der Waals surface area contributed by atoms with Crippen LogP contribution in [-0.2, 0) is 11.3 Å².